The van der Waals surface area contributed by atoms with Crippen molar-refractivity contribution >= 4 is 44.0 Å². The number of hydrogen-bond acceptors (Lipinski definition) is 4. The summed E-state index contributed by atoms with van der Waals surface area (Å²) in [6.07, 6.45) is 9.13. The molecule has 6 aromatic carbocycles. The van der Waals surface area contributed by atoms with Gasteiger partial charge in [-0.25, -0.2) is 4.98 Å². The molecule has 1 aliphatic heterocycles. The molecular weight excluding hydrogens is 599 g/mol. The monoisotopic (exact) mass is 629 g/mol. The molecule has 8 aromatic rings. The second kappa shape index (κ2) is 10.6. The number of benzene rings is 6. The highest BCUT2D eigenvalue weighted by Gasteiger charge is 2.49. The Kier molecular flexibility index (Phi) is 6.00. The lowest BCUT2D eigenvalue weighted by Crippen LogP contribution is -2.42. The molecule has 2 aliphatic rings. The fraction of sp³-hybridized carbons (Fsp3) is 0.0682. The fourth-order valence-corrected chi connectivity index (χ4v) is 8.13. The van der Waals surface area contributed by atoms with E-state index in [2.05, 4.69) is 144 Å². The molecule has 2 atom stereocenters. The topological polar surface area (TPSA) is 46.8 Å². The van der Waals surface area contributed by atoms with Crippen LogP contribution in [0.5, 0.6) is 0 Å². The van der Waals surface area contributed by atoms with Crippen molar-refractivity contribution in [3.63, 3.8) is 0 Å². The fourth-order valence-electron chi connectivity index (χ4n) is 8.13. The van der Waals surface area contributed by atoms with E-state index in [0.717, 1.165) is 27.8 Å². The van der Waals surface area contributed by atoms with Gasteiger partial charge in [0.05, 0.1) is 22.3 Å². The van der Waals surface area contributed by atoms with Crippen molar-refractivity contribution in [2.75, 3.05) is 4.90 Å². The average Bonchev–Trinajstić information content (AvgIpc) is 3.66. The van der Waals surface area contributed by atoms with E-state index < -0.39 is 0 Å². The quantitative estimate of drug-likeness (QED) is 0.194. The summed E-state index contributed by atoms with van der Waals surface area (Å²) in [5, 5.41) is 4.86. The molecule has 0 radical (unpaired) electrons. The minimum absolute atomic E-state index is 0.131. The van der Waals surface area contributed by atoms with Gasteiger partial charge in [-0.1, -0.05) is 146 Å². The molecule has 0 saturated heterocycles. The molecule has 0 N–H and O–H groups in total. The highest BCUT2D eigenvalue weighted by molar-refractivity contribution is 6.27. The average molecular weight is 630 g/mol. The predicted octanol–water partition coefficient (Wildman–Crippen LogP) is 10.6. The van der Waals surface area contributed by atoms with Crippen LogP contribution in [0.3, 0.4) is 0 Å². The number of anilines is 2. The molecular formula is C44H31N5. The lowest BCUT2D eigenvalue weighted by molar-refractivity contribution is 0.544. The van der Waals surface area contributed by atoms with Gasteiger partial charge >= 0.3 is 0 Å². The molecule has 0 fully saturated rings. The first-order chi connectivity index (χ1) is 24.2. The largest absolute Gasteiger partial charge is 0.329 e. The SMILES string of the molecule is CC12C=CC=CC1c1c(c3c(c4ccccc14)c1ccccc1n3-c1nc(-c3ccccc3)nc(-c3ccccc3)n1)N2c1ccccc1. The summed E-state index contributed by atoms with van der Waals surface area (Å²) in [5.41, 5.74) is 7.36. The molecule has 2 aromatic heterocycles. The Labute approximate surface area is 284 Å². The Morgan fingerprint density at radius 2 is 1.14 bits per heavy atom. The normalized spacial score (nSPS) is 18.0. The highest BCUT2D eigenvalue weighted by Crippen LogP contribution is 2.59. The van der Waals surface area contributed by atoms with Gasteiger partial charge in [-0.05, 0) is 41.5 Å². The Hall–Kier alpha value is -6.33. The number of nitrogens with zero attached hydrogens (tertiary/aromatic N) is 5. The number of fused-ring (bicyclic) bond motifs is 10. The minimum Gasteiger partial charge on any atom is -0.329 e. The first-order valence-electron chi connectivity index (χ1n) is 16.8. The third-order valence-corrected chi connectivity index (χ3v) is 10.2. The summed E-state index contributed by atoms with van der Waals surface area (Å²) in [7, 11) is 0. The van der Waals surface area contributed by atoms with E-state index in [1.165, 1.54) is 32.8 Å². The second-order valence-electron chi connectivity index (χ2n) is 13.0. The van der Waals surface area contributed by atoms with Crippen molar-refractivity contribution < 1.29 is 0 Å². The third-order valence-electron chi connectivity index (χ3n) is 10.2. The summed E-state index contributed by atoms with van der Waals surface area (Å²) in [5.74, 6) is 2.00. The van der Waals surface area contributed by atoms with Gasteiger partial charge in [0.25, 0.3) is 0 Å². The standard InChI is InChI=1S/C44H31N5/c1-44-28-16-15-26-35(44)38-33-24-12-11-23-32(33)37-34-25-13-14-27-36(34)48(39(37)40(38)49(44)31-21-9-4-10-22-31)43-46-41(29-17-5-2-6-18-29)45-42(47-43)30-19-7-3-8-20-30/h2-28,35H,1H3. The Morgan fingerprint density at radius 1 is 0.571 bits per heavy atom. The lowest BCUT2D eigenvalue weighted by Gasteiger charge is -2.39. The van der Waals surface area contributed by atoms with Crippen LogP contribution in [0.1, 0.15) is 18.4 Å². The van der Waals surface area contributed by atoms with Crippen LogP contribution in [0.2, 0.25) is 0 Å². The summed E-state index contributed by atoms with van der Waals surface area (Å²) in [4.78, 5) is 18.1. The molecule has 0 saturated carbocycles. The predicted molar refractivity (Wildman–Crippen MR) is 201 cm³/mol. The Balaban J connectivity index is 1.41. The minimum atomic E-state index is -0.333. The zero-order valence-electron chi connectivity index (χ0n) is 26.9. The van der Waals surface area contributed by atoms with Crippen LogP contribution < -0.4 is 4.90 Å². The molecule has 5 nitrogen and oxygen atoms in total. The Bertz CT molecular complexity index is 2560. The van der Waals surface area contributed by atoms with E-state index in [4.69, 9.17) is 15.0 Å². The van der Waals surface area contributed by atoms with Crippen molar-refractivity contribution in [2.24, 2.45) is 0 Å². The van der Waals surface area contributed by atoms with Crippen LogP contribution >= 0.6 is 0 Å². The van der Waals surface area contributed by atoms with Crippen molar-refractivity contribution in [1.82, 2.24) is 19.5 Å². The summed E-state index contributed by atoms with van der Waals surface area (Å²) < 4.78 is 2.29. The molecule has 0 bridgehead atoms. The van der Waals surface area contributed by atoms with Crippen molar-refractivity contribution in [3.8, 4) is 28.7 Å². The van der Waals surface area contributed by atoms with Crippen LogP contribution in [-0.4, -0.2) is 25.1 Å². The van der Waals surface area contributed by atoms with E-state index in [9.17, 15) is 0 Å². The van der Waals surface area contributed by atoms with Gasteiger partial charge in [-0.15, -0.1) is 0 Å². The molecule has 2 unspecified atom stereocenters. The van der Waals surface area contributed by atoms with Crippen molar-refractivity contribution in [2.45, 2.75) is 18.4 Å². The molecule has 232 valence electrons. The Morgan fingerprint density at radius 3 is 1.82 bits per heavy atom. The summed E-state index contributed by atoms with van der Waals surface area (Å²) in [6.45, 7) is 2.36. The van der Waals surface area contributed by atoms with Gasteiger partial charge in [-0.2, -0.15) is 9.97 Å². The smallest absolute Gasteiger partial charge is 0.238 e. The number of para-hydroxylation sites is 2. The number of hydrogen-bond donors (Lipinski definition) is 0. The van der Waals surface area contributed by atoms with Gasteiger partial charge in [0.15, 0.2) is 11.6 Å². The molecule has 10 rings (SSSR count). The maximum Gasteiger partial charge on any atom is 0.238 e. The van der Waals surface area contributed by atoms with Gasteiger partial charge in [0.2, 0.25) is 5.95 Å². The zero-order valence-corrected chi connectivity index (χ0v) is 26.9. The molecule has 0 spiro atoms. The van der Waals surface area contributed by atoms with Crippen molar-refractivity contribution in [3.05, 3.63) is 169 Å². The van der Waals surface area contributed by atoms with Crippen LogP contribution in [0.4, 0.5) is 11.4 Å². The summed E-state index contributed by atoms with van der Waals surface area (Å²) in [6, 6.07) is 48.8. The first kappa shape index (κ1) is 27.8. The second-order valence-corrected chi connectivity index (χ2v) is 13.0. The molecule has 3 heterocycles. The van der Waals surface area contributed by atoms with E-state index in [1.54, 1.807) is 0 Å². The van der Waals surface area contributed by atoms with Crippen LogP contribution in [0.15, 0.2) is 164 Å². The maximum atomic E-state index is 5.28. The van der Waals surface area contributed by atoms with Crippen LogP contribution in [-0.2, 0) is 0 Å². The van der Waals surface area contributed by atoms with E-state index in [1.807, 2.05) is 36.4 Å². The molecule has 5 heteroatoms. The van der Waals surface area contributed by atoms with Gasteiger partial charge < -0.3 is 4.90 Å². The molecule has 49 heavy (non-hydrogen) atoms. The van der Waals surface area contributed by atoms with Crippen LogP contribution in [0.25, 0.3) is 61.3 Å². The maximum absolute atomic E-state index is 5.28. The number of allylic oxidation sites excluding steroid dienone is 2. The number of rotatable bonds is 4. The molecule has 1 aliphatic carbocycles. The van der Waals surface area contributed by atoms with Gasteiger partial charge in [-0.3, -0.25) is 4.57 Å². The number of aromatic nitrogens is 4. The lowest BCUT2D eigenvalue weighted by atomic mass is 9.79. The summed E-state index contributed by atoms with van der Waals surface area (Å²) >= 11 is 0. The third kappa shape index (κ3) is 4.02. The highest BCUT2D eigenvalue weighted by atomic mass is 15.3. The van der Waals surface area contributed by atoms with E-state index in [-0.39, 0.29) is 11.5 Å². The van der Waals surface area contributed by atoms with E-state index >= 15 is 0 Å². The first-order valence-corrected chi connectivity index (χ1v) is 16.8. The van der Waals surface area contributed by atoms with Crippen molar-refractivity contribution in [1.29, 1.82) is 0 Å². The van der Waals surface area contributed by atoms with Gasteiger partial charge in [0, 0.05) is 33.5 Å². The molecule has 0 amide bonds. The van der Waals surface area contributed by atoms with Crippen LogP contribution in [0, 0.1) is 0 Å². The van der Waals surface area contributed by atoms with Gasteiger partial charge in [0.1, 0.15) is 0 Å². The zero-order chi connectivity index (χ0) is 32.5. The van der Waals surface area contributed by atoms with E-state index in [0.29, 0.717) is 17.6 Å².